The predicted molar refractivity (Wildman–Crippen MR) is 68.4 cm³/mol. The fourth-order valence-electron chi connectivity index (χ4n) is 2.04. The number of rotatable bonds is 6. The zero-order valence-electron chi connectivity index (χ0n) is 10.9. The Kier molecular flexibility index (Phi) is 5.55. The number of nitrogens with zero attached hydrogens (tertiary/aromatic N) is 1. The predicted octanol–water partition coefficient (Wildman–Crippen LogP) is 0.806. The first-order chi connectivity index (χ1) is 8.34. The van der Waals surface area contributed by atoms with E-state index in [1.807, 2.05) is 6.92 Å². The van der Waals surface area contributed by atoms with E-state index in [-0.39, 0.29) is 12.6 Å². The molecule has 106 valence electrons. The van der Waals surface area contributed by atoms with Crippen molar-refractivity contribution in [2.24, 2.45) is 5.92 Å². The molecule has 2 unspecified atom stereocenters. The molecule has 1 rings (SSSR count). The van der Waals surface area contributed by atoms with Crippen molar-refractivity contribution in [1.82, 2.24) is 9.03 Å². The Hall–Kier alpha value is -0.660. The highest BCUT2D eigenvalue weighted by molar-refractivity contribution is 7.87. The average Bonchev–Trinajstić information content (AvgIpc) is 2.28. The van der Waals surface area contributed by atoms with Crippen molar-refractivity contribution in [3.63, 3.8) is 0 Å². The third-order valence-corrected chi connectivity index (χ3v) is 5.06. The molecular formula is C11H22N2O4S. The van der Waals surface area contributed by atoms with Gasteiger partial charge in [0.25, 0.3) is 10.2 Å². The molecule has 1 saturated heterocycles. The third kappa shape index (κ3) is 4.22. The van der Waals surface area contributed by atoms with Crippen molar-refractivity contribution in [2.45, 2.75) is 45.6 Å². The Morgan fingerprint density at radius 1 is 1.50 bits per heavy atom. The molecule has 1 aliphatic rings. The fourth-order valence-corrected chi connectivity index (χ4v) is 3.53. The van der Waals surface area contributed by atoms with Crippen LogP contribution in [0.15, 0.2) is 0 Å². The minimum Gasteiger partial charge on any atom is -0.481 e. The molecule has 1 fully saturated rings. The molecule has 0 aromatic heterocycles. The second-order valence-corrected chi connectivity index (χ2v) is 6.59. The van der Waals surface area contributed by atoms with Crippen LogP contribution in [0.5, 0.6) is 0 Å². The molecule has 0 saturated carbocycles. The van der Waals surface area contributed by atoms with E-state index in [0.29, 0.717) is 13.0 Å². The van der Waals surface area contributed by atoms with E-state index in [1.54, 1.807) is 6.92 Å². The molecule has 2 N–H and O–H groups in total. The summed E-state index contributed by atoms with van der Waals surface area (Å²) in [6.07, 6.45) is 3.13. The first kappa shape index (κ1) is 15.4. The Balaban J connectivity index is 2.46. The van der Waals surface area contributed by atoms with Gasteiger partial charge < -0.3 is 5.11 Å². The molecular weight excluding hydrogens is 256 g/mol. The van der Waals surface area contributed by atoms with Crippen molar-refractivity contribution in [3.05, 3.63) is 0 Å². The van der Waals surface area contributed by atoms with E-state index in [4.69, 9.17) is 5.11 Å². The minimum atomic E-state index is -3.46. The van der Waals surface area contributed by atoms with E-state index < -0.39 is 22.1 Å². The van der Waals surface area contributed by atoms with Gasteiger partial charge in [-0.25, -0.2) is 4.72 Å². The zero-order valence-corrected chi connectivity index (χ0v) is 11.7. The standard InChI is InChI=1S/C11H22N2O4S/c1-9(11(14)15)6-7-12-18(16,17)13-8-4-3-5-10(13)2/h9-10,12H,3-8H2,1-2H3,(H,14,15). The summed E-state index contributed by atoms with van der Waals surface area (Å²) >= 11 is 0. The molecule has 18 heavy (non-hydrogen) atoms. The van der Waals surface area contributed by atoms with Gasteiger partial charge in [0.15, 0.2) is 0 Å². The van der Waals surface area contributed by atoms with Gasteiger partial charge in [0.1, 0.15) is 0 Å². The molecule has 6 nitrogen and oxygen atoms in total. The van der Waals surface area contributed by atoms with Gasteiger partial charge in [-0.05, 0) is 26.2 Å². The summed E-state index contributed by atoms with van der Waals surface area (Å²) in [5.74, 6) is -1.44. The van der Waals surface area contributed by atoms with Crippen LogP contribution in [0, 0.1) is 5.92 Å². The highest BCUT2D eigenvalue weighted by Crippen LogP contribution is 2.19. The van der Waals surface area contributed by atoms with Crippen LogP contribution in [-0.4, -0.2) is 42.9 Å². The number of carboxylic acid groups (broad SMARTS) is 1. The van der Waals surface area contributed by atoms with Crippen LogP contribution in [-0.2, 0) is 15.0 Å². The van der Waals surface area contributed by atoms with Crippen LogP contribution in [0.4, 0.5) is 0 Å². The number of piperidine rings is 1. The molecule has 0 aromatic rings. The van der Waals surface area contributed by atoms with Crippen molar-refractivity contribution in [3.8, 4) is 0 Å². The molecule has 0 bridgehead atoms. The molecule has 0 aliphatic carbocycles. The van der Waals surface area contributed by atoms with Crippen molar-refractivity contribution < 1.29 is 18.3 Å². The maximum absolute atomic E-state index is 12.0. The van der Waals surface area contributed by atoms with Gasteiger partial charge in [0.2, 0.25) is 0 Å². The van der Waals surface area contributed by atoms with Gasteiger partial charge in [0, 0.05) is 19.1 Å². The normalized spacial score (nSPS) is 23.8. The Bertz CT molecular complexity index is 383. The van der Waals surface area contributed by atoms with Crippen LogP contribution in [0.2, 0.25) is 0 Å². The number of hydrogen-bond acceptors (Lipinski definition) is 3. The van der Waals surface area contributed by atoms with Crippen molar-refractivity contribution >= 4 is 16.2 Å². The summed E-state index contributed by atoms with van der Waals surface area (Å²) in [7, 11) is -3.46. The summed E-state index contributed by atoms with van der Waals surface area (Å²) < 4.78 is 28.0. The molecule has 7 heteroatoms. The van der Waals surface area contributed by atoms with Crippen LogP contribution >= 0.6 is 0 Å². The zero-order chi connectivity index (χ0) is 13.8. The second-order valence-electron chi connectivity index (χ2n) is 4.88. The Morgan fingerprint density at radius 3 is 2.72 bits per heavy atom. The average molecular weight is 278 g/mol. The van der Waals surface area contributed by atoms with Crippen molar-refractivity contribution in [2.75, 3.05) is 13.1 Å². The first-order valence-corrected chi connectivity index (χ1v) is 7.78. The summed E-state index contributed by atoms with van der Waals surface area (Å²) in [6.45, 7) is 4.18. The quantitative estimate of drug-likeness (QED) is 0.752. The Labute approximate surface area is 109 Å². The summed E-state index contributed by atoms with van der Waals surface area (Å²) in [6, 6.07) is 0.0214. The second kappa shape index (κ2) is 6.49. The lowest BCUT2D eigenvalue weighted by Gasteiger charge is -2.32. The van der Waals surface area contributed by atoms with Gasteiger partial charge in [-0.1, -0.05) is 13.3 Å². The summed E-state index contributed by atoms with van der Waals surface area (Å²) in [5, 5.41) is 8.71. The van der Waals surface area contributed by atoms with Gasteiger partial charge in [-0.3, -0.25) is 4.79 Å². The Morgan fingerprint density at radius 2 is 2.17 bits per heavy atom. The van der Waals surface area contributed by atoms with Crippen LogP contribution < -0.4 is 4.72 Å². The minimum absolute atomic E-state index is 0.0214. The topological polar surface area (TPSA) is 86.7 Å². The third-order valence-electron chi connectivity index (χ3n) is 3.33. The van der Waals surface area contributed by atoms with Crippen molar-refractivity contribution in [1.29, 1.82) is 0 Å². The highest BCUT2D eigenvalue weighted by Gasteiger charge is 2.29. The lowest BCUT2D eigenvalue weighted by molar-refractivity contribution is -0.141. The lowest BCUT2D eigenvalue weighted by Crippen LogP contribution is -2.48. The highest BCUT2D eigenvalue weighted by atomic mass is 32.2. The first-order valence-electron chi connectivity index (χ1n) is 6.34. The van der Waals surface area contributed by atoms with E-state index in [0.717, 1.165) is 19.3 Å². The van der Waals surface area contributed by atoms with Crippen LogP contribution in [0.3, 0.4) is 0 Å². The van der Waals surface area contributed by atoms with Gasteiger partial charge in [-0.15, -0.1) is 0 Å². The number of nitrogens with one attached hydrogen (secondary N) is 1. The molecule has 0 spiro atoms. The van der Waals surface area contributed by atoms with Crippen LogP contribution in [0.25, 0.3) is 0 Å². The smallest absolute Gasteiger partial charge is 0.306 e. The molecule has 1 heterocycles. The van der Waals surface area contributed by atoms with E-state index in [1.165, 1.54) is 4.31 Å². The molecule has 0 aromatic carbocycles. The maximum Gasteiger partial charge on any atom is 0.306 e. The van der Waals surface area contributed by atoms with Gasteiger partial charge in [-0.2, -0.15) is 12.7 Å². The monoisotopic (exact) mass is 278 g/mol. The maximum atomic E-state index is 12.0. The molecule has 0 radical (unpaired) electrons. The van der Waals surface area contributed by atoms with Gasteiger partial charge in [0.05, 0.1) is 5.92 Å². The summed E-state index contributed by atoms with van der Waals surface area (Å²) in [5.41, 5.74) is 0. The number of hydrogen-bond donors (Lipinski definition) is 2. The number of aliphatic carboxylic acids is 1. The fraction of sp³-hybridized carbons (Fsp3) is 0.909. The molecule has 0 amide bonds. The lowest BCUT2D eigenvalue weighted by atomic mass is 10.1. The largest absolute Gasteiger partial charge is 0.481 e. The van der Waals surface area contributed by atoms with Crippen LogP contribution in [0.1, 0.15) is 39.5 Å². The van der Waals surface area contributed by atoms with E-state index in [9.17, 15) is 13.2 Å². The number of carbonyl (C=O) groups is 1. The van der Waals surface area contributed by atoms with E-state index in [2.05, 4.69) is 4.72 Å². The molecule has 1 aliphatic heterocycles. The van der Waals surface area contributed by atoms with Gasteiger partial charge >= 0.3 is 5.97 Å². The van der Waals surface area contributed by atoms with E-state index >= 15 is 0 Å². The number of carboxylic acids is 1. The summed E-state index contributed by atoms with van der Waals surface area (Å²) in [4.78, 5) is 10.6. The SMILES string of the molecule is CC(CCNS(=O)(=O)N1CCCCC1C)C(=O)O. The molecule has 2 atom stereocenters.